The third-order valence-corrected chi connectivity index (χ3v) is 0. The topological polar surface area (TPSA) is 0 Å². The summed E-state index contributed by atoms with van der Waals surface area (Å²) in [4.78, 5) is 0. The highest BCUT2D eigenvalue weighted by atomic mass is 35.5. The lowest BCUT2D eigenvalue weighted by atomic mass is 11.4. The lowest BCUT2D eigenvalue weighted by Crippen LogP contribution is -0.954. The molecule has 0 aliphatic rings. The molecule has 0 nitrogen and oxygen atoms in total. The van der Waals surface area contributed by atoms with Crippen LogP contribution in [-0.2, 0) is 0 Å². The van der Waals surface area contributed by atoms with Gasteiger partial charge in [-0.2, -0.15) is 0 Å². The predicted molar refractivity (Wildman–Crippen MR) is 17.2 cm³/mol. The van der Waals surface area contributed by atoms with E-state index in [0.717, 1.165) is 0 Å². The Morgan fingerprint density at radius 3 is 1.75 bits per heavy atom. The zero-order valence-electron chi connectivity index (χ0n) is 1.86. The first-order valence-corrected chi connectivity index (χ1v) is 0.856. The molecule has 0 N–H and O–H groups in total. The third kappa shape index (κ3) is 22.4. The van der Waals surface area contributed by atoms with Crippen LogP contribution in [0.4, 0.5) is 4.70 Å². The van der Waals surface area contributed by atoms with Gasteiger partial charge in [0.2, 0.25) is 0 Å². The molecule has 0 bridgehead atoms. The zero-order chi connectivity index (χ0) is 2.71. The lowest BCUT2D eigenvalue weighted by Gasteiger charge is -1.18. The fourth-order valence-electron chi connectivity index (χ4n) is 0. The lowest BCUT2D eigenvalue weighted by molar-refractivity contribution is 1.11. The van der Waals surface area contributed by atoms with Crippen molar-refractivity contribution >= 4 is 11.6 Å². The maximum Gasteiger partial charge on any atom is 0.000627 e. The van der Waals surface area contributed by atoms with Gasteiger partial charge in [-0.05, 0) is 11.6 Å². The highest BCUT2D eigenvalue weighted by Crippen LogP contribution is 1.48. The van der Waals surface area contributed by atoms with Gasteiger partial charge in [-0.1, -0.05) is 0 Å². The molecule has 2 heteroatoms. The smallest absolute Gasteiger partial charge is 0.000627 e. The molecule has 0 aromatic rings. The van der Waals surface area contributed by atoms with Gasteiger partial charge >= 0.3 is 0 Å². The Bertz CT molecular complexity index is 27.5. The molecule has 4 heavy (non-hydrogen) atoms. The van der Waals surface area contributed by atoms with Crippen LogP contribution in [0.1, 0.15) is 0 Å². The Balaban J connectivity index is 0. The molecule has 0 spiro atoms. The van der Waals surface area contributed by atoms with E-state index >= 15 is 0 Å². The Kier molecular flexibility index (Phi) is 33.4. The number of hydrogen-bond donors (Lipinski definition) is 0. The fraction of sp³-hybridized carbons (Fsp3) is 0. The molecule has 0 saturated heterocycles. The van der Waals surface area contributed by atoms with Gasteiger partial charge in [-0.15, -0.1) is 6.42 Å². The molecule has 0 saturated carbocycles. The standard InChI is InChI=1S/C2HCl.FH/c1-2-3;/h1H;1H. The molecule has 0 amide bonds. The minimum absolute atomic E-state index is 0. The molecular weight excluding hydrogens is 78.5 g/mol. The predicted octanol–water partition coefficient (Wildman–Crippen LogP) is 0.968. The number of terminal acetylenes is 1. The summed E-state index contributed by atoms with van der Waals surface area (Å²) in [5.74, 6) is 0. The maximum absolute atomic E-state index is 4.53. The van der Waals surface area contributed by atoms with Crippen molar-refractivity contribution in [2.45, 2.75) is 0 Å². The van der Waals surface area contributed by atoms with Crippen molar-refractivity contribution in [1.29, 1.82) is 0 Å². The second-order valence-corrected chi connectivity index (χ2v) is 0.327. The van der Waals surface area contributed by atoms with Crippen LogP contribution in [-0.4, -0.2) is 0 Å². The van der Waals surface area contributed by atoms with Crippen LogP contribution in [0.25, 0.3) is 0 Å². The van der Waals surface area contributed by atoms with E-state index in [-0.39, 0.29) is 4.70 Å². The first-order valence-electron chi connectivity index (χ1n) is 0.478. The van der Waals surface area contributed by atoms with Gasteiger partial charge in [0.15, 0.2) is 0 Å². The van der Waals surface area contributed by atoms with E-state index in [1.807, 2.05) is 0 Å². The largest absolute Gasteiger partial charge is 0.269 e. The van der Waals surface area contributed by atoms with E-state index in [9.17, 15) is 0 Å². The Morgan fingerprint density at radius 1 is 1.75 bits per heavy atom. The third-order valence-electron chi connectivity index (χ3n) is 0. The zero-order valence-corrected chi connectivity index (χ0v) is 2.62. The average Bonchev–Trinajstić information content (AvgIpc) is 0.918. The minimum atomic E-state index is 0. The van der Waals surface area contributed by atoms with Gasteiger partial charge in [0.05, 0.1) is 0 Å². The first kappa shape index (κ1) is 9.22. The van der Waals surface area contributed by atoms with Gasteiger partial charge in [0, 0.05) is 5.38 Å². The summed E-state index contributed by atoms with van der Waals surface area (Å²) in [6.45, 7) is 0. The van der Waals surface area contributed by atoms with Crippen LogP contribution in [0.2, 0.25) is 0 Å². The molecule has 0 atom stereocenters. The Hall–Kier alpha value is -0.220. The van der Waals surface area contributed by atoms with Crippen LogP contribution >= 0.6 is 11.6 Å². The van der Waals surface area contributed by atoms with Gasteiger partial charge in [0.25, 0.3) is 0 Å². The molecule has 0 fully saturated rings. The minimum Gasteiger partial charge on any atom is -0.269 e. The van der Waals surface area contributed by atoms with Crippen LogP contribution in [0.5, 0.6) is 0 Å². The van der Waals surface area contributed by atoms with Crippen molar-refractivity contribution in [2.75, 3.05) is 0 Å². The van der Waals surface area contributed by atoms with E-state index < -0.39 is 0 Å². The highest BCUT2D eigenvalue weighted by molar-refractivity contribution is 6.29. The number of hydrogen-bond acceptors (Lipinski definition) is 0. The molecule has 0 radical (unpaired) electrons. The summed E-state index contributed by atoms with van der Waals surface area (Å²) in [6, 6.07) is 0. The second-order valence-electron chi connectivity index (χ2n) is 0.109. The number of rotatable bonds is 0. The van der Waals surface area contributed by atoms with Crippen molar-refractivity contribution in [2.24, 2.45) is 0 Å². The van der Waals surface area contributed by atoms with E-state index in [2.05, 4.69) is 18.0 Å². The van der Waals surface area contributed by atoms with E-state index in [0.29, 0.717) is 0 Å². The van der Waals surface area contributed by atoms with Crippen LogP contribution in [0.3, 0.4) is 0 Å². The Labute approximate surface area is 29.1 Å². The van der Waals surface area contributed by atoms with Crippen molar-refractivity contribution in [1.82, 2.24) is 0 Å². The summed E-state index contributed by atoms with van der Waals surface area (Å²) < 4.78 is 0. The summed E-state index contributed by atoms with van der Waals surface area (Å²) >= 11 is 4.53. The second kappa shape index (κ2) is 14.5. The van der Waals surface area contributed by atoms with Gasteiger partial charge in [0.1, 0.15) is 0 Å². The van der Waals surface area contributed by atoms with Gasteiger partial charge < -0.3 is 0 Å². The molecule has 0 unspecified atom stereocenters. The SMILES string of the molecule is C#CCl.F. The monoisotopic (exact) mass is 80.0 g/mol. The normalized spacial score (nSPS) is 2.00. The molecule has 0 aliphatic carbocycles. The summed E-state index contributed by atoms with van der Waals surface area (Å²) in [6.07, 6.45) is 4.36. The van der Waals surface area contributed by atoms with Crippen LogP contribution in [0, 0.1) is 11.8 Å². The van der Waals surface area contributed by atoms with Gasteiger partial charge in [-0.25, -0.2) is 0 Å². The quantitative estimate of drug-likeness (QED) is 0.380. The fourth-order valence-corrected chi connectivity index (χ4v) is 0. The molecule has 0 aromatic heterocycles. The van der Waals surface area contributed by atoms with Crippen molar-refractivity contribution in [3.63, 3.8) is 0 Å². The molecule has 0 heterocycles. The van der Waals surface area contributed by atoms with Crippen LogP contribution in [0.15, 0.2) is 0 Å². The average molecular weight is 80.5 g/mol. The van der Waals surface area contributed by atoms with Crippen molar-refractivity contribution in [3.8, 4) is 11.8 Å². The van der Waals surface area contributed by atoms with Gasteiger partial charge in [-0.3, -0.25) is 4.70 Å². The Morgan fingerprint density at radius 2 is 1.75 bits per heavy atom. The number of halogens is 2. The molecule has 0 rings (SSSR count). The highest BCUT2D eigenvalue weighted by Gasteiger charge is 1.13. The first-order chi connectivity index (χ1) is 1.41. The molecular formula is C2H2ClF. The molecule has 24 valence electrons. The summed E-state index contributed by atoms with van der Waals surface area (Å²) in [5.41, 5.74) is 0. The molecule has 0 aliphatic heterocycles. The van der Waals surface area contributed by atoms with Crippen molar-refractivity contribution in [3.05, 3.63) is 0 Å². The summed E-state index contributed by atoms with van der Waals surface area (Å²) in [5, 5.41) is 1.72. The van der Waals surface area contributed by atoms with Crippen LogP contribution < -0.4 is 0 Å². The van der Waals surface area contributed by atoms with E-state index in [1.165, 1.54) is 0 Å². The maximum atomic E-state index is 4.53. The summed E-state index contributed by atoms with van der Waals surface area (Å²) in [7, 11) is 0. The van der Waals surface area contributed by atoms with Crippen molar-refractivity contribution < 1.29 is 4.70 Å². The van der Waals surface area contributed by atoms with E-state index in [1.54, 1.807) is 5.38 Å². The molecule has 0 aromatic carbocycles. The van der Waals surface area contributed by atoms with E-state index in [4.69, 9.17) is 0 Å².